The first-order valence-electron chi connectivity index (χ1n) is 5.11. The molecule has 0 spiro atoms. The number of carbonyl (C=O) groups excluding carboxylic acids is 1. The molecule has 2 heterocycles. The number of carbonyl (C=O) groups is 1. The standard InChI is InChI=1S/C9H15N5O/c1-3-7-11-8(13-12-7)9(15)14(2)6-4-10-5-6/h6,10H,3-5H2,1-2H3,(H,11,12,13). The van der Waals surface area contributed by atoms with Crippen LogP contribution in [0.15, 0.2) is 0 Å². The van der Waals surface area contributed by atoms with Gasteiger partial charge in [-0.3, -0.25) is 9.89 Å². The molecular formula is C9H15N5O. The van der Waals surface area contributed by atoms with Crippen molar-refractivity contribution in [3.8, 4) is 0 Å². The van der Waals surface area contributed by atoms with E-state index in [0.29, 0.717) is 0 Å². The molecule has 0 aromatic carbocycles. The van der Waals surface area contributed by atoms with Crippen molar-refractivity contribution >= 4 is 5.91 Å². The predicted molar refractivity (Wildman–Crippen MR) is 54.5 cm³/mol. The lowest BCUT2D eigenvalue weighted by molar-refractivity contribution is 0.0669. The largest absolute Gasteiger partial charge is 0.333 e. The Bertz CT molecular complexity index is 357. The van der Waals surface area contributed by atoms with E-state index in [2.05, 4.69) is 20.5 Å². The zero-order valence-corrected chi connectivity index (χ0v) is 8.95. The van der Waals surface area contributed by atoms with Gasteiger partial charge in [-0.25, -0.2) is 4.98 Å². The summed E-state index contributed by atoms with van der Waals surface area (Å²) in [5.41, 5.74) is 0. The minimum absolute atomic E-state index is 0.113. The van der Waals surface area contributed by atoms with Gasteiger partial charge in [0.2, 0.25) is 5.82 Å². The van der Waals surface area contributed by atoms with E-state index in [1.165, 1.54) is 0 Å². The Balaban J connectivity index is 2.05. The highest BCUT2D eigenvalue weighted by Crippen LogP contribution is 2.06. The molecule has 2 N–H and O–H groups in total. The molecule has 1 aromatic rings. The molecule has 1 amide bonds. The fraction of sp³-hybridized carbons (Fsp3) is 0.667. The highest BCUT2D eigenvalue weighted by atomic mass is 16.2. The summed E-state index contributed by atoms with van der Waals surface area (Å²) in [6, 6.07) is 0.279. The van der Waals surface area contributed by atoms with Gasteiger partial charge in [0.1, 0.15) is 5.82 Å². The molecule has 6 heteroatoms. The second-order valence-corrected chi connectivity index (χ2v) is 3.69. The van der Waals surface area contributed by atoms with Crippen molar-refractivity contribution in [3.63, 3.8) is 0 Å². The van der Waals surface area contributed by atoms with E-state index in [0.717, 1.165) is 25.3 Å². The molecule has 0 atom stereocenters. The van der Waals surface area contributed by atoms with Crippen LogP contribution >= 0.6 is 0 Å². The van der Waals surface area contributed by atoms with Crippen LogP contribution in [0.5, 0.6) is 0 Å². The zero-order chi connectivity index (χ0) is 10.8. The predicted octanol–water partition coefficient (Wildman–Crippen LogP) is -0.589. The molecular weight excluding hydrogens is 194 g/mol. The molecule has 1 aromatic heterocycles. The van der Waals surface area contributed by atoms with E-state index in [-0.39, 0.29) is 17.8 Å². The summed E-state index contributed by atoms with van der Waals surface area (Å²) in [5.74, 6) is 0.900. The summed E-state index contributed by atoms with van der Waals surface area (Å²) in [6.07, 6.45) is 0.759. The monoisotopic (exact) mass is 209 g/mol. The Labute approximate surface area is 88.1 Å². The van der Waals surface area contributed by atoms with Gasteiger partial charge in [0, 0.05) is 26.6 Å². The Morgan fingerprint density at radius 2 is 2.33 bits per heavy atom. The van der Waals surface area contributed by atoms with E-state index in [4.69, 9.17) is 0 Å². The lowest BCUT2D eigenvalue weighted by atomic mass is 10.1. The van der Waals surface area contributed by atoms with Crippen LogP contribution in [0.1, 0.15) is 23.4 Å². The van der Waals surface area contributed by atoms with Crippen LogP contribution < -0.4 is 5.32 Å². The van der Waals surface area contributed by atoms with Gasteiger partial charge in [0.25, 0.3) is 5.91 Å². The molecule has 2 rings (SSSR count). The first-order chi connectivity index (χ1) is 7.22. The van der Waals surface area contributed by atoms with Gasteiger partial charge in [0.15, 0.2) is 0 Å². The number of aromatic amines is 1. The lowest BCUT2D eigenvalue weighted by Gasteiger charge is -2.34. The van der Waals surface area contributed by atoms with Crippen LogP contribution in [-0.2, 0) is 6.42 Å². The maximum absolute atomic E-state index is 11.9. The van der Waals surface area contributed by atoms with Gasteiger partial charge in [0.05, 0.1) is 6.04 Å². The molecule has 15 heavy (non-hydrogen) atoms. The number of nitrogens with zero attached hydrogens (tertiary/aromatic N) is 3. The third-order valence-corrected chi connectivity index (χ3v) is 2.69. The average Bonchev–Trinajstić information content (AvgIpc) is 2.61. The number of H-pyrrole nitrogens is 1. The van der Waals surface area contributed by atoms with Crippen molar-refractivity contribution in [3.05, 3.63) is 11.6 Å². The van der Waals surface area contributed by atoms with Crippen molar-refractivity contribution in [2.75, 3.05) is 20.1 Å². The zero-order valence-electron chi connectivity index (χ0n) is 8.95. The lowest BCUT2D eigenvalue weighted by Crippen LogP contribution is -2.57. The SMILES string of the molecule is CCc1nc(C(=O)N(C)C2CNC2)n[nH]1. The molecule has 1 aliphatic heterocycles. The smallest absolute Gasteiger partial charge is 0.293 e. The molecule has 0 bridgehead atoms. The molecule has 1 saturated heterocycles. The first kappa shape index (κ1) is 10.1. The van der Waals surface area contributed by atoms with Gasteiger partial charge in [-0.05, 0) is 0 Å². The molecule has 6 nitrogen and oxygen atoms in total. The number of amides is 1. The van der Waals surface area contributed by atoms with Crippen molar-refractivity contribution in [1.29, 1.82) is 0 Å². The Kier molecular flexibility index (Phi) is 2.68. The Hall–Kier alpha value is -1.43. The van der Waals surface area contributed by atoms with Gasteiger partial charge < -0.3 is 10.2 Å². The molecule has 1 aliphatic rings. The van der Waals surface area contributed by atoms with E-state index in [1.807, 2.05) is 6.92 Å². The van der Waals surface area contributed by atoms with Crippen LogP contribution in [0, 0.1) is 0 Å². The third-order valence-electron chi connectivity index (χ3n) is 2.69. The number of aromatic nitrogens is 3. The van der Waals surface area contributed by atoms with Crippen LogP contribution in [-0.4, -0.2) is 52.2 Å². The normalized spacial score (nSPS) is 16.1. The molecule has 0 saturated carbocycles. The molecule has 82 valence electrons. The summed E-state index contributed by atoms with van der Waals surface area (Å²) in [6.45, 7) is 3.68. The quantitative estimate of drug-likeness (QED) is 0.698. The van der Waals surface area contributed by atoms with Gasteiger partial charge in [-0.2, -0.15) is 0 Å². The van der Waals surface area contributed by atoms with E-state index >= 15 is 0 Å². The summed E-state index contributed by atoms with van der Waals surface area (Å²) in [7, 11) is 1.79. The maximum atomic E-state index is 11.9. The Morgan fingerprint density at radius 1 is 1.60 bits per heavy atom. The third kappa shape index (κ3) is 1.85. The summed E-state index contributed by atoms with van der Waals surface area (Å²) in [5, 5.41) is 9.77. The first-order valence-corrected chi connectivity index (χ1v) is 5.11. The summed E-state index contributed by atoms with van der Waals surface area (Å²) < 4.78 is 0. The van der Waals surface area contributed by atoms with E-state index in [9.17, 15) is 4.79 Å². The van der Waals surface area contributed by atoms with Gasteiger partial charge >= 0.3 is 0 Å². The minimum atomic E-state index is -0.113. The van der Waals surface area contributed by atoms with E-state index < -0.39 is 0 Å². The van der Waals surface area contributed by atoms with Gasteiger partial charge in [-0.15, -0.1) is 5.10 Å². The number of aryl methyl sites for hydroxylation is 1. The average molecular weight is 209 g/mol. The number of hydrogen-bond acceptors (Lipinski definition) is 4. The second-order valence-electron chi connectivity index (χ2n) is 3.69. The summed E-state index contributed by atoms with van der Waals surface area (Å²) >= 11 is 0. The van der Waals surface area contributed by atoms with Crippen LogP contribution in [0.25, 0.3) is 0 Å². The molecule has 0 unspecified atom stereocenters. The fourth-order valence-electron chi connectivity index (χ4n) is 1.42. The van der Waals surface area contributed by atoms with Crippen LogP contribution in [0.3, 0.4) is 0 Å². The molecule has 1 fully saturated rings. The maximum Gasteiger partial charge on any atom is 0.293 e. The highest BCUT2D eigenvalue weighted by Gasteiger charge is 2.27. The van der Waals surface area contributed by atoms with Crippen molar-refractivity contribution in [2.45, 2.75) is 19.4 Å². The second kappa shape index (κ2) is 3.98. The molecule has 0 aliphatic carbocycles. The van der Waals surface area contributed by atoms with Crippen molar-refractivity contribution < 1.29 is 4.79 Å². The number of nitrogens with one attached hydrogen (secondary N) is 2. The molecule has 0 radical (unpaired) electrons. The fourth-order valence-corrected chi connectivity index (χ4v) is 1.42. The van der Waals surface area contributed by atoms with Gasteiger partial charge in [-0.1, -0.05) is 6.92 Å². The topological polar surface area (TPSA) is 73.9 Å². The summed E-state index contributed by atoms with van der Waals surface area (Å²) in [4.78, 5) is 17.7. The van der Waals surface area contributed by atoms with Crippen LogP contribution in [0.4, 0.5) is 0 Å². The van der Waals surface area contributed by atoms with Crippen molar-refractivity contribution in [2.24, 2.45) is 0 Å². The Morgan fingerprint density at radius 3 is 2.80 bits per heavy atom. The number of likely N-dealkylation sites (N-methyl/N-ethyl adjacent to an activating group) is 1. The van der Waals surface area contributed by atoms with E-state index in [1.54, 1.807) is 11.9 Å². The number of hydrogen-bond donors (Lipinski definition) is 2. The minimum Gasteiger partial charge on any atom is -0.333 e. The number of rotatable bonds is 3. The van der Waals surface area contributed by atoms with Crippen LogP contribution in [0.2, 0.25) is 0 Å². The highest BCUT2D eigenvalue weighted by molar-refractivity contribution is 5.90. The van der Waals surface area contributed by atoms with Crippen molar-refractivity contribution in [1.82, 2.24) is 25.4 Å².